The molecule has 0 radical (unpaired) electrons. The second-order valence-corrected chi connectivity index (χ2v) is 1.73. The number of carbonyl (C=O) groups excluding carboxylic acids is 1. The van der Waals surface area contributed by atoms with Crippen LogP contribution in [0.25, 0.3) is 0 Å². The summed E-state index contributed by atoms with van der Waals surface area (Å²) in [6, 6.07) is 0. The molecule has 0 bridgehead atoms. The van der Waals surface area contributed by atoms with E-state index in [9.17, 15) is 4.79 Å². The predicted octanol–water partition coefficient (Wildman–Crippen LogP) is 1.69. The van der Waals surface area contributed by atoms with Crippen LogP contribution < -0.4 is 0 Å². The molecule has 0 rings (SSSR count). The number of esters is 1. The van der Waals surface area contributed by atoms with Gasteiger partial charge in [-0.25, -0.2) is 4.79 Å². The minimum absolute atomic E-state index is 0.354. The summed E-state index contributed by atoms with van der Waals surface area (Å²) in [4.78, 5) is 10.6. The number of hydrogen-bond donors (Lipinski definition) is 0. The number of carbonyl (C=O) groups is 1. The highest BCUT2D eigenvalue weighted by atomic mass is 35.5. The zero-order valence-corrected chi connectivity index (χ0v) is 6.23. The summed E-state index contributed by atoms with van der Waals surface area (Å²) < 4.78 is 4.60. The van der Waals surface area contributed by atoms with Gasteiger partial charge in [0.25, 0.3) is 0 Å². The van der Waals surface area contributed by atoms with Crippen LogP contribution >= 0.6 is 11.6 Å². The second-order valence-electron chi connectivity index (χ2n) is 1.51. The zero-order chi connectivity index (χ0) is 7.28. The summed E-state index contributed by atoms with van der Waals surface area (Å²) in [5.41, 5.74) is 1.64. The predicted molar refractivity (Wildman–Crippen MR) is 36.2 cm³/mol. The SMILES string of the molecule is CCOC(=O)/C(C)=C\Cl. The number of hydrogen-bond acceptors (Lipinski definition) is 2. The molecule has 0 aromatic heterocycles. The molecule has 0 heterocycles. The van der Waals surface area contributed by atoms with E-state index >= 15 is 0 Å². The van der Waals surface area contributed by atoms with Crippen molar-refractivity contribution in [2.75, 3.05) is 6.61 Å². The molecule has 0 atom stereocenters. The lowest BCUT2D eigenvalue weighted by Crippen LogP contribution is -2.04. The first-order valence-electron chi connectivity index (χ1n) is 2.66. The highest BCUT2D eigenvalue weighted by molar-refractivity contribution is 6.27. The van der Waals surface area contributed by atoms with Crippen LogP contribution in [0.3, 0.4) is 0 Å². The van der Waals surface area contributed by atoms with E-state index in [4.69, 9.17) is 11.6 Å². The summed E-state index contributed by atoms with van der Waals surface area (Å²) in [5.74, 6) is -0.354. The van der Waals surface area contributed by atoms with Gasteiger partial charge in [0.2, 0.25) is 0 Å². The third-order valence-electron chi connectivity index (χ3n) is 0.761. The number of rotatable bonds is 2. The van der Waals surface area contributed by atoms with E-state index < -0.39 is 0 Å². The fourth-order valence-corrected chi connectivity index (χ4v) is 0.379. The van der Waals surface area contributed by atoms with Gasteiger partial charge in [-0.15, -0.1) is 0 Å². The van der Waals surface area contributed by atoms with Gasteiger partial charge in [-0.3, -0.25) is 0 Å². The van der Waals surface area contributed by atoms with Gasteiger partial charge in [0, 0.05) is 11.1 Å². The van der Waals surface area contributed by atoms with Crippen LogP contribution in [0.2, 0.25) is 0 Å². The average Bonchev–Trinajstić information content (AvgIpc) is 1.87. The Labute approximate surface area is 59.5 Å². The van der Waals surface area contributed by atoms with E-state index in [0.29, 0.717) is 12.2 Å². The highest BCUT2D eigenvalue weighted by Gasteiger charge is 2.01. The van der Waals surface area contributed by atoms with Crippen molar-refractivity contribution in [3.05, 3.63) is 11.1 Å². The Morgan fingerprint density at radius 1 is 1.78 bits per heavy atom. The summed E-state index contributed by atoms with van der Waals surface area (Å²) in [5, 5.41) is 0. The lowest BCUT2D eigenvalue weighted by molar-refractivity contribution is -0.138. The topological polar surface area (TPSA) is 26.3 Å². The second kappa shape index (κ2) is 4.39. The molecule has 2 nitrogen and oxygen atoms in total. The number of ether oxygens (including phenoxy) is 1. The average molecular weight is 149 g/mol. The lowest BCUT2D eigenvalue weighted by Gasteiger charge is -1.97. The van der Waals surface area contributed by atoms with Crippen molar-refractivity contribution in [1.29, 1.82) is 0 Å². The zero-order valence-electron chi connectivity index (χ0n) is 5.48. The Kier molecular flexibility index (Phi) is 4.14. The molecule has 0 N–H and O–H groups in total. The van der Waals surface area contributed by atoms with E-state index in [1.54, 1.807) is 13.8 Å². The van der Waals surface area contributed by atoms with Crippen LogP contribution in [0.1, 0.15) is 13.8 Å². The fraction of sp³-hybridized carbons (Fsp3) is 0.500. The van der Waals surface area contributed by atoms with E-state index in [1.807, 2.05) is 0 Å². The van der Waals surface area contributed by atoms with E-state index in [0.717, 1.165) is 0 Å². The third kappa shape index (κ3) is 3.14. The number of halogens is 1. The van der Waals surface area contributed by atoms with Crippen molar-refractivity contribution >= 4 is 17.6 Å². The largest absolute Gasteiger partial charge is 0.463 e. The van der Waals surface area contributed by atoms with Gasteiger partial charge in [-0.1, -0.05) is 11.6 Å². The summed E-state index contributed by atoms with van der Waals surface area (Å²) in [6.07, 6.45) is 0. The molecule has 0 saturated carbocycles. The molecular formula is C6H9ClO2. The van der Waals surface area contributed by atoms with Gasteiger partial charge < -0.3 is 4.74 Å². The molecule has 3 heteroatoms. The van der Waals surface area contributed by atoms with Gasteiger partial charge in [-0.05, 0) is 13.8 Å². The Balaban J connectivity index is 3.74. The Morgan fingerprint density at radius 2 is 2.33 bits per heavy atom. The van der Waals surface area contributed by atoms with Crippen LogP contribution in [0.15, 0.2) is 11.1 Å². The molecule has 0 aliphatic heterocycles. The Bertz CT molecular complexity index is 129. The van der Waals surface area contributed by atoms with Crippen LogP contribution in [0.4, 0.5) is 0 Å². The van der Waals surface area contributed by atoms with Gasteiger partial charge in [0.05, 0.1) is 6.61 Å². The van der Waals surface area contributed by atoms with Gasteiger partial charge in [0.15, 0.2) is 0 Å². The molecule has 0 amide bonds. The first-order valence-corrected chi connectivity index (χ1v) is 3.10. The van der Waals surface area contributed by atoms with Crippen molar-refractivity contribution < 1.29 is 9.53 Å². The minimum Gasteiger partial charge on any atom is -0.463 e. The van der Waals surface area contributed by atoms with Crippen molar-refractivity contribution in [2.24, 2.45) is 0 Å². The molecule has 52 valence electrons. The Hall–Kier alpha value is -0.500. The summed E-state index contributed by atoms with van der Waals surface area (Å²) >= 11 is 5.22. The highest BCUT2D eigenvalue weighted by Crippen LogP contribution is 1.97. The monoisotopic (exact) mass is 148 g/mol. The lowest BCUT2D eigenvalue weighted by atomic mass is 10.4. The summed E-state index contributed by atoms with van der Waals surface area (Å²) in [6.45, 7) is 3.74. The molecule has 0 aliphatic carbocycles. The van der Waals surface area contributed by atoms with Crippen molar-refractivity contribution in [3.8, 4) is 0 Å². The van der Waals surface area contributed by atoms with Gasteiger partial charge in [0.1, 0.15) is 0 Å². The van der Waals surface area contributed by atoms with Crippen molar-refractivity contribution in [2.45, 2.75) is 13.8 Å². The third-order valence-corrected chi connectivity index (χ3v) is 1.09. The van der Waals surface area contributed by atoms with Crippen LogP contribution in [-0.2, 0) is 9.53 Å². The van der Waals surface area contributed by atoms with Crippen LogP contribution in [-0.4, -0.2) is 12.6 Å². The smallest absolute Gasteiger partial charge is 0.334 e. The minimum atomic E-state index is -0.354. The Morgan fingerprint density at radius 3 is 2.67 bits per heavy atom. The van der Waals surface area contributed by atoms with Crippen molar-refractivity contribution in [3.63, 3.8) is 0 Å². The first kappa shape index (κ1) is 8.50. The molecule has 0 saturated heterocycles. The maximum atomic E-state index is 10.6. The van der Waals surface area contributed by atoms with Crippen molar-refractivity contribution in [1.82, 2.24) is 0 Å². The molecule has 0 unspecified atom stereocenters. The van der Waals surface area contributed by atoms with E-state index in [-0.39, 0.29) is 5.97 Å². The molecule has 0 spiro atoms. The molecule has 9 heavy (non-hydrogen) atoms. The molecule has 0 aromatic rings. The molecular weight excluding hydrogens is 140 g/mol. The molecule has 0 aliphatic rings. The van der Waals surface area contributed by atoms with Gasteiger partial charge in [-0.2, -0.15) is 0 Å². The standard InChI is InChI=1S/C6H9ClO2/c1-3-9-6(8)5(2)4-7/h4H,3H2,1-2H3/b5-4-. The molecule has 0 fully saturated rings. The maximum absolute atomic E-state index is 10.6. The van der Waals surface area contributed by atoms with Crippen LogP contribution in [0, 0.1) is 0 Å². The molecule has 0 aromatic carbocycles. The summed E-state index contributed by atoms with van der Waals surface area (Å²) in [7, 11) is 0. The first-order chi connectivity index (χ1) is 4.22. The van der Waals surface area contributed by atoms with Crippen LogP contribution in [0.5, 0.6) is 0 Å². The normalized spacial score (nSPS) is 11.2. The van der Waals surface area contributed by atoms with E-state index in [1.165, 1.54) is 5.54 Å². The van der Waals surface area contributed by atoms with Gasteiger partial charge >= 0.3 is 5.97 Å². The fourth-order valence-electron chi connectivity index (χ4n) is 0.289. The quantitative estimate of drug-likeness (QED) is 0.440. The van der Waals surface area contributed by atoms with E-state index in [2.05, 4.69) is 4.74 Å². The maximum Gasteiger partial charge on any atom is 0.334 e.